The second-order valence-electron chi connectivity index (χ2n) is 19.1. The summed E-state index contributed by atoms with van der Waals surface area (Å²) < 4.78 is 27.5. The van der Waals surface area contributed by atoms with Crippen LogP contribution in [0.2, 0.25) is 0 Å². The third kappa shape index (κ3) is 13.1. The lowest BCUT2D eigenvalue weighted by atomic mass is 10.0. The molecule has 5 saturated heterocycles. The minimum Gasteiger partial charge on any atom is -0.474 e. The van der Waals surface area contributed by atoms with Crippen molar-refractivity contribution < 1.29 is 23.7 Å². The highest BCUT2D eigenvalue weighted by Gasteiger charge is 2.37. The summed E-state index contributed by atoms with van der Waals surface area (Å²) in [5, 5.41) is 15.5. The first kappa shape index (κ1) is 47.2. The van der Waals surface area contributed by atoms with Crippen LogP contribution in [0.1, 0.15) is 101 Å². The fourth-order valence-electron chi connectivity index (χ4n) is 8.52. The molecule has 0 radical (unpaired) electrons. The SMILES string of the molecule is CC(C)C1=NC2CCNCC2N1.CC(C)C1=NC2CCNCC2O1.CC(C)C1=NC2CCOCC2N1.CC(C)C1=NC2CCOCC2O1.CC(C)C1=NC2CCOCC2S1. The molecule has 4 N–H and O–H groups in total. The van der Waals surface area contributed by atoms with Gasteiger partial charge in [-0.15, -0.1) is 11.8 Å². The Balaban J connectivity index is 0.000000126. The molecule has 10 atom stereocenters. The number of aliphatic imine (C=N–C) groups is 5. The summed E-state index contributed by atoms with van der Waals surface area (Å²) in [6.45, 7) is 30.9. The molecule has 0 aromatic carbocycles. The Kier molecular flexibility index (Phi) is 18.0. The Hall–Kier alpha value is -2.30. The standard InChI is InChI=1S/C9H17N3.2C9H16N2O.C9H15NO2.C9H15NOS/c1-6(2)9-11-7-3-4-10-5-8(7)12-9;1-6(2)9-10-7-3-4-12-5-8(7)11-9;1-6(2)9-11-7-3-4-10-5-8(7)12-9;2*1-6(2)9-10-7-3-4-11-5-8(7)12-9/h6-8,10H,3-5H2,1-2H3,(H,11,12);6-8H,3-5H2,1-2H3,(H,10,11);6-8,10H,3-5H2,1-2H3;2*6-8H,3-5H2,1-2H3. The Labute approximate surface area is 365 Å². The first-order chi connectivity index (χ1) is 28.9. The van der Waals surface area contributed by atoms with Gasteiger partial charge in [-0.3, -0.25) is 15.0 Å². The van der Waals surface area contributed by atoms with Crippen LogP contribution in [0.4, 0.5) is 0 Å². The molecular formula is C45H79N9O5S. The summed E-state index contributed by atoms with van der Waals surface area (Å²) in [5.74, 6) is 6.76. The predicted molar refractivity (Wildman–Crippen MR) is 247 cm³/mol. The number of ether oxygens (including phenoxy) is 5. The third-order valence-electron chi connectivity index (χ3n) is 12.2. The van der Waals surface area contributed by atoms with Gasteiger partial charge in [-0.05, 0) is 45.2 Å². The van der Waals surface area contributed by atoms with E-state index < -0.39 is 0 Å². The van der Waals surface area contributed by atoms with Crippen molar-refractivity contribution in [1.82, 2.24) is 21.3 Å². The number of amidine groups is 2. The maximum absolute atomic E-state index is 5.71. The molecule has 10 heterocycles. The maximum atomic E-state index is 5.71. The molecule has 60 heavy (non-hydrogen) atoms. The first-order valence-corrected chi connectivity index (χ1v) is 24.3. The summed E-state index contributed by atoms with van der Waals surface area (Å²) in [5.41, 5.74) is 0. The molecule has 5 fully saturated rings. The number of hydrogen-bond donors (Lipinski definition) is 4. The van der Waals surface area contributed by atoms with Gasteiger partial charge < -0.3 is 45.0 Å². The molecule has 10 unspecified atom stereocenters. The number of rotatable bonds is 5. The predicted octanol–water partition coefficient (Wildman–Crippen LogP) is 5.15. The van der Waals surface area contributed by atoms with Gasteiger partial charge in [0, 0.05) is 62.5 Å². The number of nitrogens with one attached hydrogen (secondary N) is 4. The zero-order chi connectivity index (χ0) is 42.8. The van der Waals surface area contributed by atoms with Crippen LogP contribution in [-0.2, 0) is 23.7 Å². The molecule has 0 bridgehead atoms. The lowest BCUT2D eigenvalue weighted by molar-refractivity contribution is 0.00208. The number of fused-ring (bicyclic) bond motifs is 5. The largest absolute Gasteiger partial charge is 0.474 e. The molecule has 0 amide bonds. The molecule has 15 heteroatoms. The summed E-state index contributed by atoms with van der Waals surface area (Å²) in [4.78, 5) is 23.1. The number of piperidine rings is 2. The van der Waals surface area contributed by atoms with E-state index in [1.54, 1.807) is 0 Å². The molecule has 0 aromatic rings. The van der Waals surface area contributed by atoms with E-state index in [2.05, 4.69) is 110 Å². The molecule has 0 aromatic heterocycles. The summed E-state index contributed by atoms with van der Waals surface area (Å²) in [7, 11) is 0. The highest BCUT2D eigenvalue weighted by molar-refractivity contribution is 8.14. The van der Waals surface area contributed by atoms with Gasteiger partial charge in [0.2, 0.25) is 0 Å². The minimum atomic E-state index is 0.205. The van der Waals surface area contributed by atoms with Crippen LogP contribution in [0.25, 0.3) is 0 Å². The van der Waals surface area contributed by atoms with Crippen LogP contribution in [-0.4, -0.2) is 154 Å². The Bertz CT molecular complexity index is 1260. The van der Waals surface area contributed by atoms with E-state index in [1.807, 2.05) is 11.8 Å². The topological polar surface area (TPSA) is 156 Å². The van der Waals surface area contributed by atoms with E-state index in [0.717, 1.165) is 103 Å². The van der Waals surface area contributed by atoms with Gasteiger partial charge in [0.05, 0.1) is 84.1 Å². The van der Waals surface area contributed by atoms with Crippen molar-refractivity contribution >= 4 is 40.3 Å². The number of thioether (sulfide) groups is 1. The molecule has 14 nitrogen and oxygen atoms in total. The Morgan fingerprint density at radius 3 is 1.55 bits per heavy atom. The van der Waals surface area contributed by atoms with Crippen LogP contribution < -0.4 is 21.3 Å². The fourth-order valence-corrected chi connectivity index (χ4v) is 9.81. The first-order valence-electron chi connectivity index (χ1n) is 23.4. The molecule has 0 spiro atoms. The van der Waals surface area contributed by atoms with Crippen molar-refractivity contribution in [2.75, 3.05) is 65.8 Å². The van der Waals surface area contributed by atoms with E-state index >= 15 is 0 Å². The van der Waals surface area contributed by atoms with E-state index in [1.165, 1.54) is 17.3 Å². The second-order valence-corrected chi connectivity index (χ2v) is 20.3. The van der Waals surface area contributed by atoms with Crippen LogP contribution in [0.5, 0.6) is 0 Å². The molecule has 10 aliphatic rings. The summed E-state index contributed by atoms with van der Waals surface area (Å²) in [6, 6.07) is 3.41. The van der Waals surface area contributed by atoms with Crippen molar-refractivity contribution in [3.8, 4) is 0 Å². The van der Waals surface area contributed by atoms with Crippen molar-refractivity contribution in [2.24, 2.45) is 54.6 Å². The minimum absolute atomic E-state index is 0.205. The van der Waals surface area contributed by atoms with E-state index in [4.69, 9.17) is 28.7 Å². The van der Waals surface area contributed by atoms with Crippen LogP contribution in [0, 0.1) is 29.6 Å². The molecular weight excluding hydrogens is 779 g/mol. The van der Waals surface area contributed by atoms with Crippen LogP contribution >= 0.6 is 11.8 Å². The number of hydrogen-bond acceptors (Lipinski definition) is 15. The van der Waals surface area contributed by atoms with Crippen LogP contribution in [0.3, 0.4) is 0 Å². The average molecular weight is 858 g/mol. The fraction of sp³-hybridized carbons (Fsp3) is 0.889. The van der Waals surface area contributed by atoms with Gasteiger partial charge in [0.25, 0.3) is 0 Å². The monoisotopic (exact) mass is 858 g/mol. The van der Waals surface area contributed by atoms with Crippen molar-refractivity contribution in [2.45, 2.75) is 161 Å². The van der Waals surface area contributed by atoms with Crippen LogP contribution in [0.15, 0.2) is 25.0 Å². The van der Waals surface area contributed by atoms with E-state index in [9.17, 15) is 0 Å². The molecule has 340 valence electrons. The van der Waals surface area contributed by atoms with Gasteiger partial charge in [0.1, 0.15) is 12.2 Å². The van der Waals surface area contributed by atoms with Gasteiger partial charge >= 0.3 is 0 Å². The smallest absolute Gasteiger partial charge is 0.186 e. The normalized spacial score (nSPS) is 34.5. The van der Waals surface area contributed by atoms with Crippen molar-refractivity contribution in [1.29, 1.82) is 0 Å². The third-order valence-corrected chi connectivity index (χ3v) is 13.8. The van der Waals surface area contributed by atoms with Crippen molar-refractivity contribution in [3.63, 3.8) is 0 Å². The lowest BCUT2D eigenvalue weighted by Crippen LogP contribution is -2.48. The quantitative estimate of drug-likeness (QED) is 0.292. The Morgan fingerprint density at radius 2 is 1.00 bits per heavy atom. The zero-order valence-corrected chi connectivity index (χ0v) is 39.3. The molecule has 0 aliphatic carbocycles. The Morgan fingerprint density at radius 1 is 0.483 bits per heavy atom. The zero-order valence-electron chi connectivity index (χ0n) is 38.5. The molecule has 0 saturated carbocycles. The second kappa shape index (κ2) is 22.9. The molecule has 10 aliphatic heterocycles. The maximum Gasteiger partial charge on any atom is 0.186 e. The van der Waals surface area contributed by atoms with Gasteiger partial charge in [-0.25, -0.2) is 9.98 Å². The van der Waals surface area contributed by atoms with E-state index in [-0.39, 0.29) is 6.10 Å². The molecule has 10 rings (SSSR count). The lowest BCUT2D eigenvalue weighted by Gasteiger charge is -2.24. The van der Waals surface area contributed by atoms with Gasteiger partial charge in [0.15, 0.2) is 11.8 Å². The highest BCUT2D eigenvalue weighted by Crippen LogP contribution is 2.34. The van der Waals surface area contributed by atoms with Crippen molar-refractivity contribution in [3.05, 3.63) is 0 Å². The van der Waals surface area contributed by atoms with Gasteiger partial charge in [-0.2, -0.15) is 0 Å². The van der Waals surface area contributed by atoms with E-state index in [0.29, 0.717) is 89.8 Å². The summed E-state index contributed by atoms with van der Waals surface area (Å²) >= 11 is 1.93. The summed E-state index contributed by atoms with van der Waals surface area (Å²) in [6.07, 6.45) is 6.05. The average Bonchev–Trinajstić information content (AvgIpc) is 4.09. The van der Waals surface area contributed by atoms with Gasteiger partial charge in [-0.1, -0.05) is 69.2 Å². The highest BCUT2D eigenvalue weighted by atomic mass is 32.2. The number of nitrogens with zero attached hydrogens (tertiary/aromatic N) is 5.